The Balaban J connectivity index is 2.45. The first kappa shape index (κ1) is 10.5. The monoisotopic (exact) mass is 181 g/mol. The minimum Gasteiger partial charge on any atom is -0.313 e. The smallest absolute Gasteiger partial charge is 0.114 e. The molecule has 0 aromatic rings. The van der Waals surface area contributed by atoms with Crippen molar-refractivity contribution in [3.8, 4) is 6.07 Å². The Hall–Kier alpha value is -0.590. The Bertz CT molecular complexity index is 207. The number of likely N-dealkylation sites (tertiary alicyclic amines) is 1. The van der Waals surface area contributed by atoms with Crippen LogP contribution in [0, 0.1) is 23.2 Å². The Labute approximate surface area is 80.5 Å². The van der Waals surface area contributed by atoms with Crippen LogP contribution in [-0.2, 0) is 0 Å². The van der Waals surface area contributed by atoms with Gasteiger partial charge in [-0.2, -0.15) is 5.26 Å². The lowest BCUT2D eigenvalue weighted by molar-refractivity contribution is 0.280. The molecule has 74 valence electrons. The molecule has 0 aromatic heterocycles. The third-order valence-corrected chi connectivity index (χ3v) is 2.87. The van der Waals surface area contributed by atoms with E-state index in [-0.39, 0.29) is 0 Å². The van der Waals surface area contributed by atoms with Gasteiger partial charge in [0.2, 0.25) is 0 Å². The molecule has 13 heavy (non-hydrogen) atoms. The molecule has 1 rings (SSSR count). The summed E-state index contributed by atoms with van der Waals surface area (Å²) in [5, 5.41) is 8.78. The topological polar surface area (TPSA) is 53.0 Å². The number of nitriles is 1. The minimum atomic E-state index is -0.691. The van der Waals surface area contributed by atoms with E-state index in [4.69, 9.17) is 11.0 Å². The molecule has 3 heteroatoms. The minimum absolute atomic E-state index is 0.691. The van der Waals surface area contributed by atoms with E-state index in [9.17, 15) is 0 Å². The van der Waals surface area contributed by atoms with Crippen molar-refractivity contribution in [3.05, 3.63) is 0 Å². The molecule has 2 N–H and O–H groups in total. The molecular weight excluding hydrogens is 162 g/mol. The number of hydrogen-bond acceptors (Lipinski definition) is 3. The second-order valence-electron chi connectivity index (χ2n) is 4.68. The van der Waals surface area contributed by atoms with Crippen LogP contribution in [0.4, 0.5) is 0 Å². The molecule has 0 amide bonds. The standard InChI is InChI=1S/C10H19N3/c1-8-4-13(5-9(8)2)7-10(3,12)6-11/h8-9H,4-5,7,12H2,1-3H3. The van der Waals surface area contributed by atoms with Crippen LogP contribution in [0.1, 0.15) is 20.8 Å². The summed E-state index contributed by atoms with van der Waals surface area (Å²) in [5.74, 6) is 1.46. The van der Waals surface area contributed by atoms with E-state index in [1.165, 1.54) is 0 Å². The van der Waals surface area contributed by atoms with Crippen molar-refractivity contribution < 1.29 is 0 Å². The van der Waals surface area contributed by atoms with Crippen molar-refractivity contribution in [2.24, 2.45) is 17.6 Å². The first-order valence-corrected chi connectivity index (χ1v) is 4.87. The summed E-state index contributed by atoms with van der Waals surface area (Å²) in [4.78, 5) is 2.29. The fourth-order valence-corrected chi connectivity index (χ4v) is 1.88. The van der Waals surface area contributed by atoms with E-state index in [0.29, 0.717) is 6.54 Å². The van der Waals surface area contributed by atoms with Crippen molar-refractivity contribution in [2.75, 3.05) is 19.6 Å². The Morgan fingerprint density at radius 1 is 1.46 bits per heavy atom. The molecule has 1 heterocycles. The summed E-state index contributed by atoms with van der Waals surface area (Å²) in [6.07, 6.45) is 0. The Morgan fingerprint density at radius 2 is 1.92 bits per heavy atom. The maximum absolute atomic E-state index is 8.78. The molecule has 1 aliphatic rings. The van der Waals surface area contributed by atoms with Crippen LogP contribution in [0.15, 0.2) is 0 Å². The van der Waals surface area contributed by atoms with Crippen molar-refractivity contribution in [2.45, 2.75) is 26.3 Å². The molecule has 1 fully saturated rings. The zero-order valence-corrected chi connectivity index (χ0v) is 8.75. The number of nitrogens with zero attached hydrogens (tertiary/aromatic N) is 2. The lowest BCUT2D eigenvalue weighted by atomic mass is 10.0. The van der Waals surface area contributed by atoms with Gasteiger partial charge in [0, 0.05) is 19.6 Å². The molecule has 0 spiro atoms. The fourth-order valence-electron chi connectivity index (χ4n) is 1.88. The molecule has 0 radical (unpaired) electrons. The number of hydrogen-bond donors (Lipinski definition) is 1. The van der Waals surface area contributed by atoms with Gasteiger partial charge in [0.25, 0.3) is 0 Å². The average molecular weight is 181 g/mol. The molecule has 3 nitrogen and oxygen atoms in total. The van der Waals surface area contributed by atoms with Gasteiger partial charge in [-0.25, -0.2) is 0 Å². The Kier molecular flexibility index (Phi) is 2.94. The molecular formula is C10H19N3. The van der Waals surface area contributed by atoms with E-state index >= 15 is 0 Å². The van der Waals surface area contributed by atoms with Crippen LogP contribution in [0.3, 0.4) is 0 Å². The molecule has 0 aromatic carbocycles. The van der Waals surface area contributed by atoms with E-state index < -0.39 is 5.54 Å². The summed E-state index contributed by atoms with van der Waals surface area (Å²) in [6, 6.07) is 2.13. The van der Waals surface area contributed by atoms with Gasteiger partial charge in [0.05, 0.1) is 6.07 Å². The zero-order chi connectivity index (χ0) is 10.1. The zero-order valence-electron chi connectivity index (χ0n) is 8.75. The van der Waals surface area contributed by atoms with Gasteiger partial charge in [0.1, 0.15) is 5.54 Å². The van der Waals surface area contributed by atoms with Crippen LogP contribution in [0.25, 0.3) is 0 Å². The molecule has 1 saturated heterocycles. The first-order valence-electron chi connectivity index (χ1n) is 4.87. The highest BCUT2D eigenvalue weighted by Gasteiger charge is 2.30. The third kappa shape index (κ3) is 2.68. The summed E-state index contributed by atoms with van der Waals surface area (Å²) in [5.41, 5.74) is 5.09. The second kappa shape index (κ2) is 3.65. The van der Waals surface area contributed by atoms with E-state index in [0.717, 1.165) is 24.9 Å². The molecule has 3 unspecified atom stereocenters. The lowest BCUT2D eigenvalue weighted by Gasteiger charge is -2.23. The van der Waals surface area contributed by atoms with Gasteiger partial charge in [-0.15, -0.1) is 0 Å². The molecule has 1 aliphatic heterocycles. The highest BCUT2D eigenvalue weighted by Crippen LogP contribution is 2.22. The van der Waals surface area contributed by atoms with Gasteiger partial charge < -0.3 is 5.73 Å². The van der Waals surface area contributed by atoms with Crippen molar-refractivity contribution in [3.63, 3.8) is 0 Å². The summed E-state index contributed by atoms with van der Waals surface area (Å²) in [6.45, 7) is 9.15. The van der Waals surface area contributed by atoms with Crippen molar-refractivity contribution >= 4 is 0 Å². The van der Waals surface area contributed by atoms with Gasteiger partial charge >= 0.3 is 0 Å². The average Bonchev–Trinajstić information content (AvgIpc) is 2.30. The molecule has 0 bridgehead atoms. The van der Waals surface area contributed by atoms with Crippen molar-refractivity contribution in [1.82, 2.24) is 4.90 Å². The van der Waals surface area contributed by atoms with Gasteiger partial charge in [-0.1, -0.05) is 13.8 Å². The molecule has 3 atom stereocenters. The van der Waals surface area contributed by atoms with Crippen LogP contribution in [-0.4, -0.2) is 30.1 Å². The second-order valence-corrected chi connectivity index (χ2v) is 4.68. The fraction of sp³-hybridized carbons (Fsp3) is 0.900. The van der Waals surface area contributed by atoms with Crippen LogP contribution in [0.5, 0.6) is 0 Å². The highest BCUT2D eigenvalue weighted by molar-refractivity contribution is 5.03. The highest BCUT2D eigenvalue weighted by atomic mass is 15.2. The van der Waals surface area contributed by atoms with Crippen molar-refractivity contribution in [1.29, 1.82) is 5.26 Å². The van der Waals surface area contributed by atoms with E-state index in [1.54, 1.807) is 6.92 Å². The van der Waals surface area contributed by atoms with Gasteiger partial charge in [-0.3, -0.25) is 4.90 Å². The predicted octanol–water partition coefficient (Wildman–Crippen LogP) is 0.815. The normalized spacial score (nSPS) is 34.1. The van der Waals surface area contributed by atoms with Crippen LogP contribution < -0.4 is 5.73 Å². The number of rotatable bonds is 2. The first-order chi connectivity index (χ1) is 5.94. The van der Waals surface area contributed by atoms with Gasteiger partial charge in [-0.05, 0) is 18.8 Å². The maximum atomic E-state index is 8.78. The Morgan fingerprint density at radius 3 is 2.31 bits per heavy atom. The summed E-state index contributed by atoms with van der Waals surface area (Å²) in [7, 11) is 0. The summed E-state index contributed by atoms with van der Waals surface area (Å²) < 4.78 is 0. The quantitative estimate of drug-likeness (QED) is 0.686. The largest absolute Gasteiger partial charge is 0.313 e. The third-order valence-electron chi connectivity index (χ3n) is 2.87. The molecule has 0 aliphatic carbocycles. The van der Waals surface area contributed by atoms with Gasteiger partial charge in [0.15, 0.2) is 0 Å². The molecule has 0 saturated carbocycles. The predicted molar refractivity (Wildman–Crippen MR) is 53.0 cm³/mol. The van der Waals surface area contributed by atoms with Crippen LogP contribution >= 0.6 is 0 Å². The SMILES string of the molecule is CC1CN(CC(C)(N)C#N)CC1C. The van der Waals surface area contributed by atoms with E-state index in [2.05, 4.69) is 24.8 Å². The number of nitrogens with two attached hydrogens (primary N) is 1. The van der Waals surface area contributed by atoms with E-state index in [1.807, 2.05) is 0 Å². The lowest BCUT2D eigenvalue weighted by Crippen LogP contribution is -2.46. The van der Waals surface area contributed by atoms with Crippen LogP contribution in [0.2, 0.25) is 0 Å². The maximum Gasteiger partial charge on any atom is 0.114 e. The summed E-state index contributed by atoms with van der Waals surface area (Å²) >= 11 is 0.